The zero-order chi connectivity index (χ0) is 23.7. The summed E-state index contributed by atoms with van der Waals surface area (Å²) in [5, 5.41) is 29.0. The molecule has 0 unspecified atom stereocenters. The summed E-state index contributed by atoms with van der Waals surface area (Å²) in [5.41, 5.74) is 4.34. The molecule has 0 aliphatic rings. The van der Waals surface area contributed by atoms with Crippen LogP contribution in [0, 0.1) is 0 Å². The van der Waals surface area contributed by atoms with Crippen molar-refractivity contribution in [1.82, 2.24) is 30.4 Å². The molecule has 2 aromatic carbocycles. The maximum absolute atomic E-state index is 11.5. The summed E-state index contributed by atoms with van der Waals surface area (Å²) >= 11 is 3.72. The summed E-state index contributed by atoms with van der Waals surface area (Å²) in [5.74, 6) is 0.133. The summed E-state index contributed by atoms with van der Waals surface area (Å²) in [6.07, 6.45) is 2.78. The predicted molar refractivity (Wildman–Crippen MR) is 129 cm³/mol. The van der Waals surface area contributed by atoms with Gasteiger partial charge in [-0.25, -0.2) is 4.79 Å². The van der Waals surface area contributed by atoms with Gasteiger partial charge in [0.25, 0.3) is 0 Å². The molecule has 0 saturated carbocycles. The second kappa shape index (κ2) is 9.22. The van der Waals surface area contributed by atoms with Crippen molar-refractivity contribution < 1.29 is 14.3 Å². The summed E-state index contributed by atoms with van der Waals surface area (Å²) in [6, 6.07) is 15.3. The third kappa shape index (κ3) is 4.12. The third-order valence-corrected chi connectivity index (χ3v) is 6.44. The van der Waals surface area contributed by atoms with Gasteiger partial charge in [0.15, 0.2) is 5.69 Å². The van der Waals surface area contributed by atoms with Crippen LogP contribution in [0.3, 0.4) is 0 Å². The van der Waals surface area contributed by atoms with Crippen LogP contribution in [0.25, 0.3) is 33.7 Å². The lowest BCUT2D eigenvalue weighted by Crippen LogP contribution is -2.07. The molecule has 34 heavy (non-hydrogen) atoms. The van der Waals surface area contributed by atoms with Crippen LogP contribution in [-0.4, -0.2) is 41.5 Å². The minimum Gasteiger partial charge on any atom is -0.476 e. The molecule has 0 bridgehead atoms. The highest BCUT2D eigenvalue weighted by Crippen LogP contribution is 2.41. The number of benzene rings is 2. The number of H-pyrrole nitrogens is 1. The first-order valence-electron chi connectivity index (χ1n) is 10.9. The lowest BCUT2D eigenvalue weighted by atomic mass is 10.0. The van der Waals surface area contributed by atoms with Gasteiger partial charge in [0.1, 0.15) is 11.3 Å². The molecule has 0 amide bonds. The number of rotatable bonds is 8. The van der Waals surface area contributed by atoms with Crippen molar-refractivity contribution in [2.45, 2.75) is 32.7 Å². The van der Waals surface area contributed by atoms with Crippen molar-refractivity contribution in [3.63, 3.8) is 0 Å². The van der Waals surface area contributed by atoms with Gasteiger partial charge in [-0.15, -0.1) is 10.2 Å². The van der Waals surface area contributed by atoms with E-state index >= 15 is 0 Å². The number of aromatic carboxylic acids is 1. The largest absolute Gasteiger partial charge is 0.476 e. The quantitative estimate of drug-likeness (QED) is 0.283. The number of halogens is 1. The smallest absolute Gasteiger partial charge is 0.356 e. The van der Waals surface area contributed by atoms with Gasteiger partial charge in [-0.1, -0.05) is 43.7 Å². The monoisotopic (exact) mass is 520 g/mol. The Morgan fingerprint density at radius 1 is 1.18 bits per heavy atom. The standard InChI is InChI=1S/C24H21BrN6O3/c1-2-3-6-15-12-19(24(32)33)28-31(15)13-14-9-10-20-18(11-14)21(25)22(34-20)16-7-4-5-8-17(16)23-26-29-30-27-23/h4-5,7-12H,2-3,6,13H2,1H3,(H,32,33)(H,26,27,29,30). The number of carboxylic acid groups (broad SMARTS) is 1. The molecular formula is C24H21BrN6O3. The van der Waals surface area contributed by atoms with Crippen molar-refractivity contribution in [1.29, 1.82) is 0 Å². The fraction of sp³-hybridized carbons (Fsp3) is 0.208. The van der Waals surface area contributed by atoms with E-state index in [4.69, 9.17) is 4.42 Å². The van der Waals surface area contributed by atoms with Crippen LogP contribution in [0.15, 0.2) is 57.4 Å². The van der Waals surface area contributed by atoms with Crippen LogP contribution in [-0.2, 0) is 13.0 Å². The van der Waals surface area contributed by atoms with Gasteiger partial charge >= 0.3 is 5.97 Å². The molecule has 172 valence electrons. The van der Waals surface area contributed by atoms with Crippen molar-refractivity contribution in [2.24, 2.45) is 0 Å². The number of hydrogen-bond donors (Lipinski definition) is 2. The van der Waals surface area contributed by atoms with E-state index in [-0.39, 0.29) is 5.69 Å². The maximum Gasteiger partial charge on any atom is 0.356 e. The summed E-state index contributed by atoms with van der Waals surface area (Å²) in [6.45, 7) is 2.58. The Balaban J connectivity index is 1.52. The molecule has 2 N–H and O–H groups in total. The molecule has 3 aromatic heterocycles. The van der Waals surface area contributed by atoms with E-state index in [1.807, 2.05) is 42.5 Å². The molecular weight excluding hydrogens is 500 g/mol. The Labute approximate surface area is 202 Å². The molecule has 3 heterocycles. The fourth-order valence-electron chi connectivity index (χ4n) is 3.97. The van der Waals surface area contributed by atoms with E-state index in [1.165, 1.54) is 0 Å². The Kier molecular flexibility index (Phi) is 5.97. The molecule has 0 aliphatic carbocycles. The number of furan rings is 1. The molecule has 0 atom stereocenters. The Morgan fingerprint density at radius 3 is 2.74 bits per heavy atom. The molecule has 0 spiro atoms. The van der Waals surface area contributed by atoms with Crippen molar-refractivity contribution in [3.8, 4) is 22.7 Å². The molecule has 0 radical (unpaired) electrons. The Bertz CT molecular complexity index is 1470. The predicted octanol–water partition coefficient (Wildman–Crippen LogP) is 5.33. The number of tetrazole rings is 1. The van der Waals surface area contributed by atoms with E-state index in [0.29, 0.717) is 18.1 Å². The highest BCUT2D eigenvalue weighted by molar-refractivity contribution is 9.10. The normalized spacial score (nSPS) is 11.4. The number of nitrogens with one attached hydrogen (secondary N) is 1. The van der Waals surface area contributed by atoms with Gasteiger partial charge in [-0.05, 0) is 57.7 Å². The van der Waals surface area contributed by atoms with Crippen LogP contribution >= 0.6 is 15.9 Å². The summed E-state index contributed by atoms with van der Waals surface area (Å²) < 4.78 is 8.80. The van der Waals surface area contributed by atoms with Gasteiger partial charge in [-0.2, -0.15) is 10.3 Å². The second-order valence-electron chi connectivity index (χ2n) is 7.94. The zero-order valence-corrected chi connectivity index (χ0v) is 19.9. The number of fused-ring (bicyclic) bond motifs is 1. The SMILES string of the molecule is CCCCc1cc(C(=O)O)nn1Cc1ccc2oc(-c3ccccc3-c3nn[nH]n3)c(Br)c2c1. The molecule has 0 saturated heterocycles. The molecule has 5 rings (SSSR count). The molecule has 5 aromatic rings. The van der Waals surface area contributed by atoms with Crippen LogP contribution in [0.2, 0.25) is 0 Å². The third-order valence-electron chi connectivity index (χ3n) is 5.65. The number of carboxylic acids is 1. The van der Waals surface area contributed by atoms with Gasteiger partial charge in [-0.3, -0.25) is 4.68 Å². The topological polar surface area (TPSA) is 123 Å². The van der Waals surface area contributed by atoms with Crippen molar-refractivity contribution in [3.05, 3.63) is 70.0 Å². The lowest BCUT2D eigenvalue weighted by Gasteiger charge is -2.07. The second-order valence-corrected chi connectivity index (χ2v) is 8.74. The molecule has 0 aliphatic heterocycles. The number of aryl methyl sites for hydroxylation is 1. The van der Waals surface area contributed by atoms with Crippen LogP contribution in [0.1, 0.15) is 41.5 Å². The van der Waals surface area contributed by atoms with Crippen LogP contribution in [0.4, 0.5) is 0 Å². The van der Waals surface area contributed by atoms with Crippen LogP contribution < -0.4 is 0 Å². The van der Waals surface area contributed by atoms with Crippen molar-refractivity contribution in [2.75, 3.05) is 0 Å². The number of unbranched alkanes of at least 4 members (excludes halogenated alkanes) is 1. The van der Waals surface area contributed by atoms with E-state index in [1.54, 1.807) is 10.7 Å². The zero-order valence-electron chi connectivity index (χ0n) is 18.3. The number of aromatic nitrogens is 6. The Morgan fingerprint density at radius 2 is 2.00 bits per heavy atom. The van der Waals surface area contributed by atoms with E-state index in [9.17, 15) is 9.90 Å². The van der Waals surface area contributed by atoms with E-state index in [2.05, 4.69) is 48.6 Å². The first kappa shape index (κ1) is 22.0. The minimum atomic E-state index is -1.02. The summed E-state index contributed by atoms with van der Waals surface area (Å²) in [4.78, 5) is 11.5. The van der Waals surface area contributed by atoms with Gasteiger partial charge < -0.3 is 9.52 Å². The number of carbonyl (C=O) groups is 1. The summed E-state index contributed by atoms with van der Waals surface area (Å²) in [7, 11) is 0. The van der Waals surface area contributed by atoms with E-state index < -0.39 is 5.97 Å². The molecule has 10 heteroatoms. The lowest BCUT2D eigenvalue weighted by molar-refractivity contribution is 0.0689. The number of hydrogen-bond acceptors (Lipinski definition) is 6. The van der Waals surface area contributed by atoms with Gasteiger partial charge in [0, 0.05) is 22.2 Å². The average molecular weight is 521 g/mol. The van der Waals surface area contributed by atoms with Gasteiger partial charge in [0.05, 0.1) is 11.0 Å². The van der Waals surface area contributed by atoms with E-state index in [0.717, 1.165) is 57.1 Å². The number of nitrogens with zero attached hydrogens (tertiary/aromatic N) is 5. The minimum absolute atomic E-state index is 0.0667. The van der Waals surface area contributed by atoms with Crippen LogP contribution in [0.5, 0.6) is 0 Å². The highest BCUT2D eigenvalue weighted by Gasteiger charge is 2.20. The molecule has 9 nitrogen and oxygen atoms in total. The average Bonchev–Trinajstić information content (AvgIpc) is 3.58. The number of aromatic amines is 1. The first-order valence-corrected chi connectivity index (χ1v) is 11.7. The first-order chi connectivity index (χ1) is 16.5. The Hall–Kier alpha value is -3.79. The maximum atomic E-state index is 11.5. The van der Waals surface area contributed by atoms with Gasteiger partial charge in [0.2, 0.25) is 5.82 Å². The fourth-order valence-corrected chi connectivity index (χ4v) is 4.57. The highest BCUT2D eigenvalue weighted by atomic mass is 79.9. The van der Waals surface area contributed by atoms with Crippen molar-refractivity contribution >= 4 is 32.9 Å². The molecule has 0 fully saturated rings.